The van der Waals surface area contributed by atoms with E-state index in [0.717, 1.165) is 43.2 Å². The molecule has 2 aromatic rings. The number of benzene rings is 2. The average Bonchev–Trinajstić information content (AvgIpc) is 2.75. The topological polar surface area (TPSA) is 66.5 Å². The molecular formula is C25H34N2O3S. The van der Waals surface area contributed by atoms with Crippen LogP contribution in [-0.4, -0.2) is 31.2 Å². The Morgan fingerprint density at radius 1 is 1.00 bits per heavy atom. The fourth-order valence-corrected chi connectivity index (χ4v) is 6.13. The molecule has 1 fully saturated rings. The minimum Gasteiger partial charge on any atom is -0.348 e. The Labute approximate surface area is 186 Å². The van der Waals surface area contributed by atoms with E-state index in [2.05, 4.69) is 31.3 Å². The second-order valence-electron chi connectivity index (χ2n) is 8.74. The molecule has 0 saturated heterocycles. The first-order chi connectivity index (χ1) is 14.7. The van der Waals surface area contributed by atoms with Crippen molar-refractivity contribution in [1.29, 1.82) is 0 Å². The lowest BCUT2D eigenvalue weighted by Gasteiger charge is -2.33. The summed E-state index contributed by atoms with van der Waals surface area (Å²) in [6.45, 7) is 7.97. The van der Waals surface area contributed by atoms with Gasteiger partial charge in [0, 0.05) is 6.04 Å². The van der Waals surface area contributed by atoms with Crippen LogP contribution < -0.4 is 5.32 Å². The smallest absolute Gasteiger partial charge is 0.243 e. The summed E-state index contributed by atoms with van der Waals surface area (Å²) in [5.74, 6) is -0.268. The van der Waals surface area contributed by atoms with E-state index in [-0.39, 0.29) is 29.4 Å². The zero-order valence-electron chi connectivity index (χ0n) is 19.0. The van der Waals surface area contributed by atoms with Crippen LogP contribution in [0.15, 0.2) is 47.4 Å². The number of rotatable bonds is 7. The molecule has 1 saturated carbocycles. The van der Waals surface area contributed by atoms with E-state index in [1.807, 2.05) is 13.8 Å². The second kappa shape index (κ2) is 9.96. The lowest BCUT2D eigenvalue weighted by atomic mass is 9.95. The van der Waals surface area contributed by atoms with Gasteiger partial charge in [0.15, 0.2) is 0 Å². The summed E-state index contributed by atoms with van der Waals surface area (Å²) in [5, 5.41) is 3.03. The fraction of sp³-hybridized carbons (Fsp3) is 0.480. The fourth-order valence-electron chi connectivity index (χ4n) is 4.46. The molecule has 1 atom stereocenters. The molecule has 0 radical (unpaired) electrons. The molecule has 1 amide bonds. The van der Waals surface area contributed by atoms with Crippen LogP contribution in [0.1, 0.15) is 67.3 Å². The zero-order valence-corrected chi connectivity index (χ0v) is 19.8. The van der Waals surface area contributed by atoms with Crippen molar-refractivity contribution in [2.75, 3.05) is 6.54 Å². The summed E-state index contributed by atoms with van der Waals surface area (Å²) in [5.41, 5.74) is 4.58. The molecule has 1 N–H and O–H groups in total. The molecule has 1 aliphatic carbocycles. The van der Waals surface area contributed by atoms with Gasteiger partial charge in [-0.15, -0.1) is 0 Å². The Hall–Kier alpha value is -2.18. The number of sulfonamides is 1. The summed E-state index contributed by atoms with van der Waals surface area (Å²) >= 11 is 0. The average molecular weight is 443 g/mol. The Morgan fingerprint density at radius 3 is 2.26 bits per heavy atom. The number of carbonyl (C=O) groups is 1. The molecule has 1 unspecified atom stereocenters. The van der Waals surface area contributed by atoms with Gasteiger partial charge in [-0.1, -0.05) is 49.6 Å². The molecule has 31 heavy (non-hydrogen) atoms. The van der Waals surface area contributed by atoms with Gasteiger partial charge in [-0.25, -0.2) is 8.42 Å². The van der Waals surface area contributed by atoms with Gasteiger partial charge in [-0.05, 0) is 74.9 Å². The molecule has 0 heterocycles. The van der Waals surface area contributed by atoms with Crippen molar-refractivity contribution in [1.82, 2.24) is 9.62 Å². The van der Waals surface area contributed by atoms with Crippen molar-refractivity contribution in [2.45, 2.75) is 76.8 Å². The molecule has 1 aliphatic rings. The van der Waals surface area contributed by atoms with Crippen molar-refractivity contribution in [2.24, 2.45) is 0 Å². The van der Waals surface area contributed by atoms with Gasteiger partial charge in [0.25, 0.3) is 0 Å². The minimum atomic E-state index is -3.74. The number of hydrogen-bond acceptors (Lipinski definition) is 3. The number of aryl methyl sites for hydroxylation is 3. The highest BCUT2D eigenvalue weighted by Gasteiger charge is 2.34. The third-order valence-electron chi connectivity index (χ3n) is 6.36. The predicted molar refractivity (Wildman–Crippen MR) is 124 cm³/mol. The van der Waals surface area contributed by atoms with Gasteiger partial charge >= 0.3 is 0 Å². The summed E-state index contributed by atoms with van der Waals surface area (Å²) in [6.07, 6.45) is 4.69. The maximum atomic E-state index is 13.4. The Bertz CT molecular complexity index is 1010. The highest BCUT2D eigenvalue weighted by atomic mass is 32.2. The minimum absolute atomic E-state index is 0.136. The van der Waals surface area contributed by atoms with Gasteiger partial charge in [-0.2, -0.15) is 4.31 Å². The van der Waals surface area contributed by atoms with Crippen molar-refractivity contribution >= 4 is 15.9 Å². The molecule has 6 heteroatoms. The van der Waals surface area contributed by atoms with Crippen molar-refractivity contribution < 1.29 is 13.2 Å². The van der Waals surface area contributed by atoms with E-state index >= 15 is 0 Å². The van der Waals surface area contributed by atoms with E-state index < -0.39 is 10.0 Å². The number of nitrogens with one attached hydrogen (secondary N) is 1. The van der Waals surface area contributed by atoms with E-state index in [1.165, 1.54) is 15.4 Å². The molecule has 2 aromatic carbocycles. The Balaban J connectivity index is 1.81. The van der Waals surface area contributed by atoms with Crippen molar-refractivity contribution in [3.63, 3.8) is 0 Å². The second-order valence-corrected chi connectivity index (χ2v) is 10.6. The van der Waals surface area contributed by atoms with Gasteiger partial charge in [0.1, 0.15) is 0 Å². The maximum Gasteiger partial charge on any atom is 0.243 e. The number of nitrogens with zero attached hydrogens (tertiary/aromatic N) is 1. The zero-order chi connectivity index (χ0) is 22.6. The van der Waals surface area contributed by atoms with Crippen LogP contribution in [0, 0.1) is 20.8 Å². The van der Waals surface area contributed by atoms with Crippen LogP contribution in [0.25, 0.3) is 0 Å². The van der Waals surface area contributed by atoms with E-state index in [9.17, 15) is 13.2 Å². The van der Waals surface area contributed by atoms with Crippen molar-refractivity contribution in [3.8, 4) is 0 Å². The highest BCUT2D eigenvalue weighted by Crippen LogP contribution is 2.28. The Morgan fingerprint density at radius 2 is 1.61 bits per heavy atom. The number of amides is 1. The van der Waals surface area contributed by atoms with Crippen LogP contribution >= 0.6 is 0 Å². The first-order valence-corrected chi connectivity index (χ1v) is 12.6. The summed E-state index contributed by atoms with van der Waals surface area (Å²) < 4.78 is 28.2. The molecule has 0 bridgehead atoms. The van der Waals surface area contributed by atoms with Gasteiger partial charge < -0.3 is 5.32 Å². The number of hydrogen-bond donors (Lipinski definition) is 1. The molecule has 168 valence electrons. The first-order valence-electron chi connectivity index (χ1n) is 11.1. The van der Waals surface area contributed by atoms with E-state index in [4.69, 9.17) is 0 Å². The predicted octanol–water partition coefficient (Wildman–Crippen LogP) is 4.81. The van der Waals surface area contributed by atoms with E-state index in [0.29, 0.717) is 0 Å². The first kappa shape index (κ1) is 23.5. The van der Waals surface area contributed by atoms with Crippen LogP contribution in [-0.2, 0) is 14.8 Å². The molecule has 0 aromatic heterocycles. The number of carbonyl (C=O) groups excluding carboxylic acids is 1. The molecule has 0 aliphatic heterocycles. The largest absolute Gasteiger partial charge is 0.348 e. The molecule has 5 nitrogen and oxygen atoms in total. The SMILES string of the molecule is Cc1cc(C)c(C(C)NC(=O)CN(C2CCCCC2)S(=O)(=O)c2ccccc2)cc1C. The van der Waals surface area contributed by atoms with Crippen LogP contribution in [0.3, 0.4) is 0 Å². The maximum absolute atomic E-state index is 13.4. The van der Waals surface area contributed by atoms with E-state index in [1.54, 1.807) is 30.3 Å². The van der Waals surface area contributed by atoms with Crippen LogP contribution in [0.4, 0.5) is 0 Å². The van der Waals surface area contributed by atoms with Crippen LogP contribution in [0.5, 0.6) is 0 Å². The van der Waals surface area contributed by atoms with Crippen molar-refractivity contribution in [3.05, 3.63) is 64.7 Å². The molecule has 3 rings (SSSR count). The van der Waals surface area contributed by atoms with Crippen LogP contribution in [0.2, 0.25) is 0 Å². The Kier molecular flexibility index (Phi) is 7.55. The third-order valence-corrected chi connectivity index (χ3v) is 8.27. The summed E-state index contributed by atoms with van der Waals surface area (Å²) in [6, 6.07) is 12.3. The highest BCUT2D eigenvalue weighted by molar-refractivity contribution is 7.89. The molecule has 0 spiro atoms. The molecular weight excluding hydrogens is 408 g/mol. The normalized spacial score (nSPS) is 16.3. The van der Waals surface area contributed by atoms with Gasteiger partial charge in [0.2, 0.25) is 15.9 Å². The summed E-state index contributed by atoms with van der Waals surface area (Å²) in [7, 11) is -3.74. The lowest BCUT2D eigenvalue weighted by molar-refractivity contribution is -0.122. The third kappa shape index (κ3) is 5.55. The van der Waals surface area contributed by atoms with Gasteiger partial charge in [-0.3, -0.25) is 4.79 Å². The monoisotopic (exact) mass is 442 g/mol. The van der Waals surface area contributed by atoms with Gasteiger partial charge in [0.05, 0.1) is 17.5 Å². The lowest BCUT2D eigenvalue weighted by Crippen LogP contribution is -2.47. The standard InChI is InChI=1S/C25H34N2O3S/c1-18-15-20(3)24(16-19(18)2)21(4)26-25(28)17-27(22-11-7-5-8-12-22)31(29,30)23-13-9-6-10-14-23/h6,9-10,13-16,21-22H,5,7-8,11-12,17H2,1-4H3,(H,26,28). The quantitative estimate of drug-likeness (QED) is 0.669. The summed E-state index contributed by atoms with van der Waals surface area (Å²) in [4.78, 5) is 13.2.